The molecule has 1 rings (SSSR count). The summed E-state index contributed by atoms with van der Waals surface area (Å²) in [7, 11) is -3.34. The molecule has 0 amide bonds. The topological polar surface area (TPSA) is 75.4 Å². The van der Waals surface area contributed by atoms with Gasteiger partial charge in [-0.2, -0.15) is 12.7 Å². The minimum Gasteiger partial charge on any atom is -0.324 e. The number of rotatable bonds is 4. The summed E-state index contributed by atoms with van der Waals surface area (Å²) in [6, 6.07) is 0. The van der Waals surface area contributed by atoms with Gasteiger partial charge in [0.2, 0.25) is 0 Å². The number of nitrogens with zero attached hydrogens (tertiary/aromatic N) is 1. The summed E-state index contributed by atoms with van der Waals surface area (Å²) >= 11 is 0. The zero-order valence-corrected chi connectivity index (χ0v) is 12.4. The fourth-order valence-corrected chi connectivity index (χ4v) is 3.02. The second-order valence-electron chi connectivity index (χ2n) is 5.40. The molecule has 0 atom stereocenters. The number of piperidine rings is 1. The highest BCUT2D eigenvalue weighted by atomic mass is 35.5. The Labute approximate surface area is 111 Å². The van der Waals surface area contributed by atoms with Crippen LogP contribution in [0.4, 0.5) is 0 Å². The Morgan fingerprint density at radius 3 is 2.24 bits per heavy atom. The van der Waals surface area contributed by atoms with Crippen LogP contribution in [-0.4, -0.2) is 37.9 Å². The van der Waals surface area contributed by atoms with E-state index in [1.807, 2.05) is 0 Å². The van der Waals surface area contributed by atoms with Crippen LogP contribution in [0.5, 0.6) is 0 Å². The van der Waals surface area contributed by atoms with E-state index >= 15 is 0 Å². The molecule has 3 N–H and O–H groups in total. The molecule has 1 aliphatic heterocycles. The van der Waals surface area contributed by atoms with Gasteiger partial charge in [0, 0.05) is 25.2 Å². The molecule has 0 radical (unpaired) electrons. The van der Waals surface area contributed by atoms with Crippen LogP contribution in [0.1, 0.15) is 33.6 Å². The summed E-state index contributed by atoms with van der Waals surface area (Å²) < 4.78 is 27.9. The van der Waals surface area contributed by atoms with Crippen LogP contribution in [-0.2, 0) is 10.2 Å². The first-order valence-corrected chi connectivity index (χ1v) is 7.18. The molecule has 0 unspecified atom stereocenters. The third-order valence-corrected chi connectivity index (χ3v) is 4.35. The van der Waals surface area contributed by atoms with Gasteiger partial charge >= 0.3 is 0 Å². The monoisotopic (exact) mass is 285 g/mol. The highest BCUT2D eigenvalue weighted by molar-refractivity contribution is 7.87. The van der Waals surface area contributed by atoms with Gasteiger partial charge in [0.05, 0.1) is 0 Å². The van der Waals surface area contributed by atoms with E-state index in [1.54, 1.807) is 13.8 Å². The van der Waals surface area contributed by atoms with Gasteiger partial charge in [0.25, 0.3) is 10.2 Å². The average Bonchev–Trinajstić information content (AvgIpc) is 2.15. The predicted molar refractivity (Wildman–Crippen MR) is 72.4 cm³/mol. The maximum atomic E-state index is 11.9. The lowest BCUT2D eigenvalue weighted by Gasteiger charge is -2.30. The Morgan fingerprint density at radius 2 is 1.82 bits per heavy atom. The summed E-state index contributed by atoms with van der Waals surface area (Å²) in [6.45, 7) is 7.24. The van der Waals surface area contributed by atoms with E-state index < -0.39 is 15.7 Å². The number of nitrogens with one attached hydrogen (secondary N) is 1. The van der Waals surface area contributed by atoms with E-state index in [4.69, 9.17) is 5.73 Å². The summed E-state index contributed by atoms with van der Waals surface area (Å²) in [5, 5.41) is 0. The molecule has 104 valence electrons. The standard InChI is InChI=1S/C10H23N3O2S.ClH/c1-9-4-6-13(7-5-9)16(14,15)12-8-10(2,3)11;/h9,12H,4-8,11H2,1-3H3;1H. The quantitative estimate of drug-likeness (QED) is 0.799. The van der Waals surface area contributed by atoms with E-state index in [1.165, 1.54) is 4.31 Å². The van der Waals surface area contributed by atoms with Crippen molar-refractivity contribution in [3.05, 3.63) is 0 Å². The van der Waals surface area contributed by atoms with Gasteiger partial charge in [-0.25, -0.2) is 4.72 Å². The molecule has 17 heavy (non-hydrogen) atoms. The molecule has 0 aromatic rings. The number of hydrogen-bond acceptors (Lipinski definition) is 3. The van der Waals surface area contributed by atoms with Crippen LogP contribution < -0.4 is 10.5 Å². The van der Waals surface area contributed by atoms with Crippen molar-refractivity contribution < 1.29 is 8.42 Å². The van der Waals surface area contributed by atoms with Crippen molar-refractivity contribution in [1.29, 1.82) is 0 Å². The Hall–Kier alpha value is 0.120. The number of hydrogen-bond donors (Lipinski definition) is 2. The van der Waals surface area contributed by atoms with Crippen molar-refractivity contribution in [2.75, 3.05) is 19.6 Å². The zero-order chi connectivity index (χ0) is 12.4. The van der Waals surface area contributed by atoms with E-state index in [-0.39, 0.29) is 19.0 Å². The molecule has 5 nitrogen and oxygen atoms in total. The molecule has 1 fully saturated rings. The molecular formula is C10H24ClN3O2S. The highest BCUT2D eigenvalue weighted by Crippen LogP contribution is 2.17. The fraction of sp³-hybridized carbons (Fsp3) is 1.00. The van der Waals surface area contributed by atoms with Gasteiger partial charge < -0.3 is 5.73 Å². The second-order valence-corrected chi connectivity index (χ2v) is 7.15. The molecule has 0 aromatic heterocycles. The first-order valence-electron chi connectivity index (χ1n) is 5.74. The van der Waals surface area contributed by atoms with Gasteiger partial charge in [-0.1, -0.05) is 6.92 Å². The SMILES string of the molecule is CC1CCN(S(=O)(=O)NCC(C)(C)N)CC1.Cl. The Balaban J connectivity index is 0.00000256. The fourth-order valence-electron chi connectivity index (χ4n) is 1.59. The van der Waals surface area contributed by atoms with E-state index in [2.05, 4.69) is 11.6 Å². The van der Waals surface area contributed by atoms with Crippen LogP contribution in [0.25, 0.3) is 0 Å². The molecule has 0 saturated carbocycles. The van der Waals surface area contributed by atoms with Crippen molar-refractivity contribution in [2.24, 2.45) is 11.7 Å². The van der Waals surface area contributed by atoms with E-state index in [0.29, 0.717) is 19.0 Å². The molecule has 7 heteroatoms. The third-order valence-electron chi connectivity index (χ3n) is 2.79. The van der Waals surface area contributed by atoms with Crippen molar-refractivity contribution in [2.45, 2.75) is 39.2 Å². The largest absolute Gasteiger partial charge is 0.324 e. The summed E-state index contributed by atoms with van der Waals surface area (Å²) in [5.41, 5.74) is 5.23. The van der Waals surface area contributed by atoms with Crippen molar-refractivity contribution in [1.82, 2.24) is 9.03 Å². The van der Waals surface area contributed by atoms with Crippen LogP contribution in [0.15, 0.2) is 0 Å². The van der Waals surface area contributed by atoms with Crippen LogP contribution in [0.2, 0.25) is 0 Å². The Bertz CT molecular complexity index is 319. The van der Waals surface area contributed by atoms with Gasteiger partial charge in [-0.05, 0) is 32.6 Å². The molecule has 0 aromatic carbocycles. The summed E-state index contributed by atoms with van der Waals surface area (Å²) in [4.78, 5) is 0. The Morgan fingerprint density at radius 1 is 1.35 bits per heavy atom. The van der Waals surface area contributed by atoms with Crippen LogP contribution in [0, 0.1) is 5.92 Å². The minimum atomic E-state index is -3.34. The summed E-state index contributed by atoms with van der Waals surface area (Å²) in [5.74, 6) is 0.623. The first kappa shape index (κ1) is 17.1. The predicted octanol–water partition coefficient (Wildman–Crippen LogP) is 0.712. The number of halogens is 1. The van der Waals surface area contributed by atoms with Gasteiger partial charge in [-0.15, -0.1) is 12.4 Å². The van der Waals surface area contributed by atoms with Crippen LogP contribution >= 0.6 is 12.4 Å². The third kappa shape index (κ3) is 6.01. The lowest BCUT2D eigenvalue weighted by atomic mass is 10.0. The van der Waals surface area contributed by atoms with Crippen molar-refractivity contribution in [3.63, 3.8) is 0 Å². The normalized spacial score (nSPS) is 20.0. The maximum Gasteiger partial charge on any atom is 0.279 e. The molecule has 1 aliphatic rings. The molecular weight excluding hydrogens is 262 g/mol. The van der Waals surface area contributed by atoms with Crippen molar-refractivity contribution >= 4 is 22.6 Å². The number of nitrogens with two attached hydrogens (primary N) is 1. The highest BCUT2D eigenvalue weighted by Gasteiger charge is 2.27. The molecule has 0 bridgehead atoms. The second kappa shape index (κ2) is 6.33. The summed E-state index contributed by atoms with van der Waals surface area (Å²) in [6.07, 6.45) is 1.87. The zero-order valence-electron chi connectivity index (χ0n) is 10.8. The van der Waals surface area contributed by atoms with E-state index in [9.17, 15) is 8.42 Å². The molecule has 1 saturated heterocycles. The van der Waals surface area contributed by atoms with E-state index in [0.717, 1.165) is 12.8 Å². The average molecular weight is 286 g/mol. The first-order chi connectivity index (χ1) is 7.21. The lowest BCUT2D eigenvalue weighted by Crippen LogP contribution is -2.51. The molecule has 0 aliphatic carbocycles. The molecule has 0 spiro atoms. The van der Waals surface area contributed by atoms with Gasteiger partial charge in [0.1, 0.15) is 0 Å². The van der Waals surface area contributed by atoms with Gasteiger partial charge in [-0.3, -0.25) is 0 Å². The Kier molecular flexibility index (Phi) is 6.38. The van der Waals surface area contributed by atoms with Gasteiger partial charge in [0.15, 0.2) is 0 Å². The minimum absolute atomic E-state index is 0. The maximum absolute atomic E-state index is 11.9. The van der Waals surface area contributed by atoms with Crippen LogP contribution in [0.3, 0.4) is 0 Å². The smallest absolute Gasteiger partial charge is 0.279 e. The lowest BCUT2D eigenvalue weighted by molar-refractivity contribution is 0.284. The molecule has 1 heterocycles. The van der Waals surface area contributed by atoms with Crippen molar-refractivity contribution in [3.8, 4) is 0 Å².